The van der Waals surface area contributed by atoms with Crippen LogP contribution in [0.25, 0.3) is 5.59 Å². The van der Waals surface area contributed by atoms with Crippen LogP contribution in [0.1, 0.15) is 30.9 Å². The number of carboxylic acid groups (broad SMARTS) is 1. The molecule has 0 aliphatic carbocycles. The van der Waals surface area contributed by atoms with Crippen molar-refractivity contribution in [1.29, 1.82) is 0 Å². The van der Waals surface area contributed by atoms with Crippen LogP contribution in [-0.2, 0) is 31.4 Å². The van der Waals surface area contributed by atoms with Crippen LogP contribution in [0.4, 0.5) is 37.7 Å². The molecule has 1 fully saturated rings. The molecule has 0 spiro atoms. The molecule has 43 heavy (non-hydrogen) atoms. The molecule has 1 atom stereocenters. The predicted octanol–water partition coefficient (Wildman–Crippen LogP) is 3.83. The Morgan fingerprint density at radius 3 is 1.70 bits per heavy atom. The number of esters is 1. The number of carbonyl (C=O) groups is 2. The maximum atomic E-state index is 12.5. The molecule has 0 aromatic heterocycles. The summed E-state index contributed by atoms with van der Waals surface area (Å²) in [4.78, 5) is 21.0. The SMILES string of the molecule is CC1CCCO1.COC(=O)CNc1ccc(Br)c(C(F)(F)F)c1.N[N-]O.O=C(O)CNc1ccc(Br)c(C(F)(F)F)c1.[Na+]. The van der Waals surface area contributed by atoms with Crippen molar-refractivity contribution in [3.8, 4) is 0 Å². The number of nitrogens with two attached hydrogens (primary N) is 1. The van der Waals surface area contributed by atoms with Crippen LogP contribution in [0.2, 0.25) is 0 Å². The van der Waals surface area contributed by atoms with Crippen LogP contribution >= 0.6 is 31.9 Å². The number of alkyl halides is 6. The Bertz CT molecular complexity index is 1130. The van der Waals surface area contributed by atoms with Crippen molar-refractivity contribution in [3.63, 3.8) is 0 Å². The second-order valence-electron chi connectivity index (χ2n) is 8.00. The number of rotatable bonds is 6. The first-order valence-electron chi connectivity index (χ1n) is 11.6. The minimum Gasteiger partial charge on any atom is -0.488 e. The number of anilines is 2. The minimum absolute atomic E-state index is 0. The summed E-state index contributed by atoms with van der Waals surface area (Å²) in [6.45, 7) is 2.49. The first-order valence-corrected chi connectivity index (χ1v) is 13.2. The van der Waals surface area contributed by atoms with E-state index in [1.165, 1.54) is 44.2 Å². The molecule has 3 rings (SSSR count). The van der Waals surface area contributed by atoms with E-state index in [1.807, 2.05) is 5.59 Å². The van der Waals surface area contributed by atoms with Crippen LogP contribution in [0.15, 0.2) is 45.3 Å². The zero-order valence-electron chi connectivity index (χ0n) is 23.2. The third-order valence-electron chi connectivity index (χ3n) is 4.81. The third kappa shape index (κ3) is 19.4. The van der Waals surface area contributed by atoms with Gasteiger partial charge in [-0.3, -0.25) is 9.59 Å². The van der Waals surface area contributed by atoms with Gasteiger partial charge >= 0.3 is 53.8 Å². The van der Waals surface area contributed by atoms with Crippen LogP contribution < -0.4 is 46.0 Å². The monoisotopic (exact) mass is 764 g/mol. The Kier molecular flexibility index (Phi) is 22.2. The number of nitrogens with one attached hydrogen (secondary N) is 2. The van der Waals surface area contributed by atoms with E-state index >= 15 is 0 Å². The van der Waals surface area contributed by atoms with Crippen LogP contribution in [0, 0.1) is 0 Å². The van der Waals surface area contributed by atoms with Crippen molar-refractivity contribution in [3.05, 3.63) is 62.1 Å². The fourth-order valence-corrected chi connectivity index (χ4v) is 3.81. The molecule has 19 heteroatoms. The summed E-state index contributed by atoms with van der Waals surface area (Å²) in [6.07, 6.45) is -5.84. The van der Waals surface area contributed by atoms with E-state index in [4.69, 9.17) is 15.1 Å². The standard InChI is InChI=1S/C10H9BrF3NO2.C9H7BrF3NO2.C5H10O.H3N2O.Na/c1-17-9(16)5-15-6-2-3-8(11)7(4-6)10(12,13)14;10-7-2-1-5(14-4-8(15)16)3-6(7)9(11,12)13;1-5-3-2-4-6-5;1-2-3;/h2-4,15H,5H2,1H3;1-3,14H,4H2,(H,15,16);5H,2-4H2,1H3;3H,1H2;/q;;;-1;+1. The summed E-state index contributed by atoms with van der Waals surface area (Å²) < 4.78 is 84.4. The quantitative estimate of drug-likeness (QED) is 0.0970. The van der Waals surface area contributed by atoms with E-state index in [9.17, 15) is 35.9 Å². The fraction of sp³-hybridized carbons (Fsp3) is 0.417. The molecule has 2 aromatic carbocycles. The van der Waals surface area contributed by atoms with Gasteiger partial charge in [0.2, 0.25) is 0 Å². The summed E-state index contributed by atoms with van der Waals surface area (Å²) in [7, 11) is 1.20. The number of ether oxygens (including phenoxy) is 2. The van der Waals surface area contributed by atoms with E-state index in [0.29, 0.717) is 6.10 Å². The Morgan fingerprint density at radius 1 is 1.00 bits per heavy atom. The summed E-state index contributed by atoms with van der Waals surface area (Å²) in [5, 5.41) is 20.2. The van der Waals surface area contributed by atoms with Crippen molar-refractivity contribution >= 4 is 55.2 Å². The zero-order chi connectivity index (χ0) is 32.5. The Labute approximate surface area is 282 Å². The van der Waals surface area contributed by atoms with Crippen LogP contribution in [0.5, 0.6) is 0 Å². The number of hydrogen-bond donors (Lipinski definition) is 5. The van der Waals surface area contributed by atoms with Crippen molar-refractivity contribution in [1.82, 2.24) is 0 Å². The van der Waals surface area contributed by atoms with Crippen molar-refractivity contribution in [2.24, 2.45) is 5.84 Å². The van der Waals surface area contributed by atoms with Crippen molar-refractivity contribution < 1.29 is 85.3 Å². The largest absolute Gasteiger partial charge is 1.00 e. The molecule has 0 bridgehead atoms. The van der Waals surface area contributed by atoms with Gasteiger partial charge in [-0.05, 0) is 56.2 Å². The Morgan fingerprint density at radius 2 is 1.42 bits per heavy atom. The normalized spacial score (nSPS) is 13.8. The van der Waals surface area contributed by atoms with Gasteiger partial charge in [0.15, 0.2) is 0 Å². The average Bonchev–Trinajstić information content (AvgIpc) is 3.38. The summed E-state index contributed by atoms with van der Waals surface area (Å²) in [5.41, 5.74) is 0.666. The predicted molar refractivity (Wildman–Crippen MR) is 149 cm³/mol. The van der Waals surface area contributed by atoms with Gasteiger partial charge in [0.25, 0.3) is 0 Å². The summed E-state index contributed by atoms with van der Waals surface area (Å²) in [6, 6.07) is 7.06. The number of carboxylic acids is 1. The van der Waals surface area contributed by atoms with Gasteiger partial charge in [-0.25, -0.2) is 0 Å². The first-order chi connectivity index (χ1) is 19.5. The maximum absolute atomic E-state index is 12.5. The molecule has 1 aliphatic rings. The van der Waals surface area contributed by atoms with Crippen LogP contribution in [-0.4, -0.2) is 55.2 Å². The maximum Gasteiger partial charge on any atom is 1.00 e. The van der Waals surface area contributed by atoms with Gasteiger partial charge in [0, 0.05) is 26.9 Å². The number of methoxy groups -OCH3 is 1. The number of carbonyl (C=O) groups excluding carboxylic acids is 1. The minimum atomic E-state index is -4.47. The molecule has 1 unspecified atom stereocenters. The molecule has 0 saturated carbocycles. The second kappa shape index (κ2) is 22.0. The van der Waals surface area contributed by atoms with Gasteiger partial charge in [0.1, 0.15) is 13.1 Å². The van der Waals surface area contributed by atoms with Crippen LogP contribution in [0.3, 0.4) is 0 Å². The van der Waals surface area contributed by atoms with E-state index in [1.54, 1.807) is 0 Å². The molecule has 2 aromatic rings. The molecule has 6 N–H and O–H groups in total. The van der Waals surface area contributed by atoms with Crippen molar-refractivity contribution in [2.75, 3.05) is 37.4 Å². The number of aliphatic carboxylic acids is 1. The number of benzene rings is 2. The average molecular weight is 766 g/mol. The molecule has 1 aliphatic heterocycles. The topological polar surface area (TPSA) is 157 Å². The number of nitrogens with zero attached hydrogens (tertiary/aromatic N) is 1. The molecular formula is C24H29Br2F6N4NaO6. The van der Waals surface area contributed by atoms with Gasteiger partial charge in [-0.2, -0.15) is 26.3 Å². The van der Waals surface area contributed by atoms with Gasteiger partial charge in [0.05, 0.1) is 24.3 Å². The van der Waals surface area contributed by atoms with E-state index in [0.717, 1.165) is 18.7 Å². The van der Waals surface area contributed by atoms with E-state index in [-0.39, 0.29) is 56.4 Å². The fourth-order valence-electron chi connectivity index (χ4n) is 2.87. The van der Waals surface area contributed by atoms with E-state index in [2.05, 4.69) is 60.0 Å². The summed E-state index contributed by atoms with van der Waals surface area (Å²) >= 11 is 5.60. The molecule has 238 valence electrons. The third-order valence-corrected chi connectivity index (χ3v) is 6.19. The molecule has 10 nitrogen and oxygen atoms in total. The first kappa shape index (κ1) is 43.5. The number of halogens is 8. The van der Waals surface area contributed by atoms with Crippen molar-refractivity contribution in [2.45, 2.75) is 38.2 Å². The Hall–Kier alpha value is -1.64. The molecule has 0 radical (unpaired) electrons. The molecule has 1 heterocycles. The second-order valence-corrected chi connectivity index (χ2v) is 9.71. The number of hydrogen-bond acceptors (Lipinski definition) is 8. The smallest absolute Gasteiger partial charge is 0.488 e. The summed E-state index contributed by atoms with van der Waals surface area (Å²) in [5.74, 6) is 2.33. The van der Waals surface area contributed by atoms with Gasteiger partial charge < -0.3 is 41.9 Å². The van der Waals surface area contributed by atoms with E-state index < -0.39 is 42.0 Å². The molecular weight excluding hydrogens is 737 g/mol. The van der Waals surface area contributed by atoms with Gasteiger partial charge in [-0.15, -0.1) is 0 Å². The Balaban J connectivity index is 0. The zero-order valence-corrected chi connectivity index (χ0v) is 28.3. The van der Waals surface area contributed by atoms with Gasteiger partial charge in [-0.1, -0.05) is 31.9 Å². The molecule has 1 saturated heterocycles. The molecule has 0 amide bonds.